The van der Waals surface area contributed by atoms with Crippen molar-refractivity contribution in [1.29, 1.82) is 5.26 Å². The van der Waals surface area contributed by atoms with E-state index in [1.165, 1.54) is 0 Å². The van der Waals surface area contributed by atoms with E-state index in [-0.39, 0.29) is 0 Å². The Hall–Kier alpha value is -2.21. The number of rotatable bonds is 2. The van der Waals surface area contributed by atoms with E-state index >= 15 is 0 Å². The topological polar surface area (TPSA) is 49.6 Å². The highest BCUT2D eigenvalue weighted by Crippen LogP contribution is 2.12. The van der Waals surface area contributed by atoms with Gasteiger partial charge in [-0.1, -0.05) is 18.2 Å². The molecule has 0 saturated heterocycles. The molecule has 0 amide bonds. The van der Waals surface area contributed by atoms with Gasteiger partial charge in [-0.25, -0.2) is 0 Å². The molecule has 3 heteroatoms. The van der Waals surface area contributed by atoms with Gasteiger partial charge in [-0.3, -0.25) is 9.97 Å². The normalized spacial score (nSPS) is 10.6. The van der Waals surface area contributed by atoms with Crippen LogP contribution in [0.1, 0.15) is 12.0 Å². The van der Waals surface area contributed by atoms with Gasteiger partial charge in [0, 0.05) is 12.4 Å². The summed E-state index contributed by atoms with van der Waals surface area (Å²) in [6, 6.07) is 7.90. The monoisotopic (exact) mass is 195 g/mol. The van der Waals surface area contributed by atoms with Crippen molar-refractivity contribution in [3.8, 4) is 6.07 Å². The second-order valence-corrected chi connectivity index (χ2v) is 3.07. The predicted molar refractivity (Wildman–Crippen MR) is 58.8 cm³/mol. The second-order valence-electron chi connectivity index (χ2n) is 3.07. The zero-order valence-electron chi connectivity index (χ0n) is 8.09. The fraction of sp³-hybridized carbons (Fsp3) is 0.0833. The summed E-state index contributed by atoms with van der Waals surface area (Å²) >= 11 is 0. The molecule has 0 spiro atoms. The first-order valence-corrected chi connectivity index (χ1v) is 4.64. The molecule has 15 heavy (non-hydrogen) atoms. The number of allylic oxidation sites excluding steroid dienone is 1. The van der Waals surface area contributed by atoms with Crippen LogP contribution in [0.25, 0.3) is 17.1 Å². The van der Waals surface area contributed by atoms with Crippen LogP contribution in [0.15, 0.2) is 36.7 Å². The summed E-state index contributed by atoms with van der Waals surface area (Å²) in [5.74, 6) is 0. The molecule has 0 atom stereocenters. The summed E-state index contributed by atoms with van der Waals surface area (Å²) < 4.78 is 0. The van der Waals surface area contributed by atoms with Crippen molar-refractivity contribution in [1.82, 2.24) is 9.97 Å². The van der Waals surface area contributed by atoms with Gasteiger partial charge >= 0.3 is 0 Å². The molecule has 2 aromatic rings. The standard InChI is InChI=1S/C12H9N3/c13-6-2-1-3-10-4-5-11-12(9-10)15-8-7-14-11/h1,3-5,7-9H,2H2. The average Bonchev–Trinajstić information content (AvgIpc) is 2.29. The van der Waals surface area contributed by atoms with E-state index in [1.807, 2.05) is 30.4 Å². The van der Waals surface area contributed by atoms with Gasteiger partial charge < -0.3 is 0 Å². The van der Waals surface area contributed by atoms with Crippen LogP contribution in [-0.2, 0) is 0 Å². The molecule has 0 aliphatic carbocycles. The molecule has 0 aliphatic rings. The van der Waals surface area contributed by atoms with Crippen LogP contribution in [0, 0.1) is 11.3 Å². The van der Waals surface area contributed by atoms with E-state index in [2.05, 4.69) is 16.0 Å². The minimum atomic E-state index is 0.429. The number of hydrogen-bond acceptors (Lipinski definition) is 3. The van der Waals surface area contributed by atoms with Crippen LogP contribution in [0.5, 0.6) is 0 Å². The van der Waals surface area contributed by atoms with E-state index in [1.54, 1.807) is 12.4 Å². The maximum absolute atomic E-state index is 8.39. The maximum Gasteiger partial charge on any atom is 0.0892 e. The number of nitrogens with zero attached hydrogens (tertiary/aromatic N) is 3. The van der Waals surface area contributed by atoms with E-state index in [0.29, 0.717) is 6.42 Å². The van der Waals surface area contributed by atoms with Gasteiger partial charge in [0.15, 0.2) is 0 Å². The van der Waals surface area contributed by atoms with Gasteiger partial charge in [0.25, 0.3) is 0 Å². The lowest BCUT2D eigenvalue weighted by Crippen LogP contribution is -1.82. The summed E-state index contributed by atoms with van der Waals surface area (Å²) in [6.45, 7) is 0. The average molecular weight is 195 g/mol. The van der Waals surface area contributed by atoms with Gasteiger partial charge in [0.1, 0.15) is 0 Å². The van der Waals surface area contributed by atoms with Crippen LogP contribution >= 0.6 is 0 Å². The Morgan fingerprint density at radius 2 is 2.00 bits per heavy atom. The zero-order valence-corrected chi connectivity index (χ0v) is 8.09. The van der Waals surface area contributed by atoms with Crippen LogP contribution in [0.4, 0.5) is 0 Å². The Morgan fingerprint density at radius 1 is 1.20 bits per heavy atom. The highest BCUT2D eigenvalue weighted by atomic mass is 14.8. The third-order valence-electron chi connectivity index (χ3n) is 2.01. The lowest BCUT2D eigenvalue weighted by atomic mass is 10.1. The molecule has 0 bridgehead atoms. The molecular formula is C12H9N3. The Morgan fingerprint density at radius 3 is 2.80 bits per heavy atom. The fourth-order valence-corrected chi connectivity index (χ4v) is 1.33. The van der Waals surface area contributed by atoms with E-state index < -0.39 is 0 Å². The highest BCUT2D eigenvalue weighted by molar-refractivity contribution is 5.76. The van der Waals surface area contributed by atoms with Crippen LogP contribution in [0.2, 0.25) is 0 Å². The summed E-state index contributed by atoms with van der Waals surface area (Å²) in [6.07, 6.45) is 7.52. The van der Waals surface area contributed by atoms with E-state index in [0.717, 1.165) is 16.6 Å². The maximum atomic E-state index is 8.39. The van der Waals surface area contributed by atoms with Crippen molar-refractivity contribution in [3.05, 3.63) is 42.2 Å². The van der Waals surface area contributed by atoms with Crippen molar-refractivity contribution in [3.63, 3.8) is 0 Å². The Kier molecular flexibility index (Phi) is 2.70. The number of nitriles is 1. The summed E-state index contributed by atoms with van der Waals surface area (Å²) in [4.78, 5) is 8.39. The smallest absolute Gasteiger partial charge is 0.0892 e. The Bertz CT molecular complexity index is 538. The minimum absolute atomic E-state index is 0.429. The molecule has 0 aliphatic heterocycles. The SMILES string of the molecule is N#CCC=Cc1ccc2nccnc2c1. The predicted octanol–water partition coefficient (Wildman–Crippen LogP) is 2.56. The molecule has 1 aromatic carbocycles. The first-order valence-electron chi connectivity index (χ1n) is 4.64. The molecule has 0 N–H and O–H groups in total. The summed E-state index contributed by atoms with van der Waals surface area (Å²) in [5.41, 5.74) is 2.80. The molecule has 0 unspecified atom stereocenters. The molecule has 0 saturated carbocycles. The molecule has 0 radical (unpaired) electrons. The van der Waals surface area contributed by atoms with Gasteiger partial charge in [-0.05, 0) is 17.7 Å². The van der Waals surface area contributed by atoms with E-state index in [9.17, 15) is 0 Å². The van der Waals surface area contributed by atoms with Gasteiger partial charge in [0.2, 0.25) is 0 Å². The Balaban J connectivity index is 2.35. The number of aromatic nitrogens is 2. The first-order chi connectivity index (χ1) is 7.40. The lowest BCUT2D eigenvalue weighted by Gasteiger charge is -1.96. The van der Waals surface area contributed by atoms with Crippen LogP contribution < -0.4 is 0 Å². The zero-order chi connectivity index (χ0) is 10.5. The van der Waals surface area contributed by atoms with Gasteiger partial charge in [-0.15, -0.1) is 0 Å². The molecule has 2 rings (SSSR count). The molecule has 0 fully saturated rings. The van der Waals surface area contributed by atoms with Crippen molar-refractivity contribution in [2.75, 3.05) is 0 Å². The van der Waals surface area contributed by atoms with Gasteiger partial charge in [0.05, 0.1) is 23.5 Å². The highest BCUT2D eigenvalue weighted by Gasteiger charge is 1.94. The number of hydrogen-bond donors (Lipinski definition) is 0. The first kappa shape index (κ1) is 9.35. The third-order valence-corrected chi connectivity index (χ3v) is 2.01. The molecule has 3 nitrogen and oxygen atoms in total. The summed E-state index contributed by atoms with van der Waals surface area (Å²) in [7, 11) is 0. The summed E-state index contributed by atoms with van der Waals surface area (Å²) in [5, 5.41) is 8.39. The lowest BCUT2D eigenvalue weighted by molar-refractivity contribution is 1.29. The molecule has 1 aromatic heterocycles. The van der Waals surface area contributed by atoms with Crippen LogP contribution in [0.3, 0.4) is 0 Å². The van der Waals surface area contributed by atoms with Crippen molar-refractivity contribution in [2.45, 2.75) is 6.42 Å². The quantitative estimate of drug-likeness (QED) is 0.739. The second kappa shape index (κ2) is 4.34. The van der Waals surface area contributed by atoms with E-state index in [4.69, 9.17) is 5.26 Å². The molecule has 1 heterocycles. The fourth-order valence-electron chi connectivity index (χ4n) is 1.33. The largest absolute Gasteiger partial charge is 0.253 e. The molecule has 72 valence electrons. The number of fused-ring (bicyclic) bond motifs is 1. The van der Waals surface area contributed by atoms with Crippen molar-refractivity contribution >= 4 is 17.1 Å². The minimum Gasteiger partial charge on any atom is -0.253 e. The number of benzene rings is 1. The van der Waals surface area contributed by atoms with Gasteiger partial charge in [-0.2, -0.15) is 5.26 Å². The third kappa shape index (κ3) is 2.18. The van der Waals surface area contributed by atoms with Crippen molar-refractivity contribution < 1.29 is 0 Å². The molecular weight excluding hydrogens is 186 g/mol. The Labute approximate surface area is 87.7 Å². The van der Waals surface area contributed by atoms with Crippen LogP contribution in [-0.4, -0.2) is 9.97 Å². The van der Waals surface area contributed by atoms with Crippen molar-refractivity contribution in [2.24, 2.45) is 0 Å².